The zero-order valence-corrected chi connectivity index (χ0v) is 7.37. The minimum absolute atomic E-state index is 0.169. The van der Waals surface area contributed by atoms with Crippen molar-refractivity contribution in [3.63, 3.8) is 0 Å². The number of alkyl halides is 4. The topological polar surface area (TPSA) is 44.8 Å². The third-order valence-electron chi connectivity index (χ3n) is 1.58. The molecule has 0 saturated carbocycles. The van der Waals surface area contributed by atoms with Gasteiger partial charge in [-0.3, -0.25) is 0 Å². The number of carbonyl (C=O) groups excluding carboxylic acids is 1. The molecule has 15 heavy (non-hydrogen) atoms. The van der Waals surface area contributed by atoms with Crippen molar-refractivity contribution in [1.82, 2.24) is 0 Å². The predicted molar refractivity (Wildman–Crippen MR) is 38.0 cm³/mol. The van der Waals surface area contributed by atoms with E-state index in [-0.39, 0.29) is 6.61 Å². The smallest absolute Gasteiger partial charge is 0.430 e. The number of rotatable bonds is 5. The Balaban J connectivity index is 2.22. The summed E-state index contributed by atoms with van der Waals surface area (Å²) in [6.45, 7) is -0.697. The zero-order valence-electron chi connectivity index (χ0n) is 7.37. The van der Waals surface area contributed by atoms with Crippen molar-refractivity contribution >= 4 is 6.16 Å². The fourth-order valence-electron chi connectivity index (χ4n) is 0.853. The molecule has 88 valence electrons. The molecule has 0 radical (unpaired) electrons. The van der Waals surface area contributed by atoms with Crippen LogP contribution in [0.15, 0.2) is 0 Å². The Morgan fingerprint density at radius 1 is 1.40 bits per heavy atom. The third-order valence-corrected chi connectivity index (χ3v) is 1.58. The van der Waals surface area contributed by atoms with Gasteiger partial charge in [-0.05, 0) is 0 Å². The first-order chi connectivity index (χ1) is 7.00. The highest BCUT2D eigenvalue weighted by atomic mass is 19.3. The van der Waals surface area contributed by atoms with Crippen molar-refractivity contribution < 1.29 is 36.6 Å². The van der Waals surface area contributed by atoms with Gasteiger partial charge in [0.2, 0.25) is 12.5 Å². The SMILES string of the molecule is O=C1OCC(COC(F)C(F)C(F)F)O1. The standard InChI is InChI=1S/C7H8F4O4/c8-4(5(9)10)6(11)13-1-3-2-14-7(12)15-3/h3-6H,1-2H2. The average Bonchev–Trinajstić information content (AvgIpc) is 2.59. The van der Waals surface area contributed by atoms with Gasteiger partial charge in [-0.1, -0.05) is 0 Å². The van der Waals surface area contributed by atoms with Crippen molar-refractivity contribution in [1.29, 1.82) is 0 Å². The first-order valence-corrected chi connectivity index (χ1v) is 4.02. The molecule has 1 heterocycles. The fourth-order valence-corrected chi connectivity index (χ4v) is 0.853. The van der Waals surface area contributed by atoms with Gasteiger partial charge < -0.3 is 14.2 Å². The van der Waals surface area contributed by atoms with Crippen molar-refractivity contribution in [2.24, 2.45) is 0 Å². The van der Waals surface area contributed by atoms with Crippen molar-refractivity contribution in [3.05, 3.63) is 0 Å². The molecule has 0 aromatic heterocycles. The average molecular weight is 232 g/mol. The first kappa shape index (κ1) is 12.0. The van der Waals surface area contributed by atoms with Crippen LogP contribution in [0.2, 0.25) is 0 Å². The van der Waals surface area contributed by atoms with Gasteiger partial charge >= 0.3 is 6.16 Å². The summed E-state index contributed by atoms with van der Waals surface area (Å²) in [5.41, 5.74) is 0. The van der Waals surface area contributed by atoms with Gasteiger partial charge in [-0.2, -0.15) is 0 Å². The molecule has 0 amide bonds. The van der Waals surface area contributed by atoms with Gasteiger partial charge in [0, 0.05) is 0 Å². The van der Waals surface area contributed by atoms with Crippen LogP contribution in [-0.4, -0.2) is 44.4 Å². The second kappa shape index (κ2) is 5.15. The Morgan fingerprint density at radius 3 is 2.53 bits per heavy atom. The molecule has 0 aromatic rings. The minimum atomic E-state index is -3.46. The van der Waals surface area contributed by atoms with E-state index in [1.54, 1.807) is 0 Å². The number of ether oxygens (including phenoxy) is 3. The number of hydrogen-bond acceptors (Lipinski definition) is 4. The first-order valence-electron chi connectivity index (χ1n) is 4.02. The lowest BCUT2D eigenvalue weighted by Crippen LogP contribution is -2.31. The Morgan fingerprint density at radius 2 is 2.07 bits per heavy atom. The molecule has 4 nitrogen and oxygen atoms in total. The molecular weight excluding hydrogens is 224 g/mol. The fraction of sp³-hybridized carbons (Fsp3) is 0.857. The molecule has 3 unspecified atom stereocenters. The van der Waals surface area contributed by atoms with Gasteiger partial charge in [-0.15, -0.1) is 0 Å². The normalized spacial score (nSPS) is 24.9. The molecule has 1 saturated heterocycles. The maximum absolute atomic E-state index is 12.5. The summed E-state index contributed by atoms with van der Waals surface area (Å²) >= 11 is 0. The molecule has 0 aliphatic carbocycles. The predicted octanol–water partition coefficient (Wildman–Crippen LogP) is 1.44. The lowest BCUT2D eigenvalue weighted by atomic mass is 10.4. The van der Waals surface area contributed by atoms with E-state index >= 15 is 0 Å². The highest BCUT2D eigenvalue weighted by Gasteiger charge is 2.33. The Hall–Kier alpha value is -1.05. The van der Waals surface area contributed by atoms with Gasteiger partial charge in [-0.25, -0.2) is 22.4 Å². The lowest BCUT2D eigenvalue weighted by Gasteiger charge is -2.14. The summed E-state index contributed by atoms with van der Waals surface area (Å²) in [5, 5.41) is 0. The molecule has 1 rings (SSSR count). The monoisotopic (exact) mass is 232 g/mol. The number of cyclic esters (lactones) is 2. The summed E-state index contributed by atoms with van der Waals surface area (Å²) in [6.07, 6.45) is -11.1. The van der Waals surface area contributed by atoms with Crippen LogP contribution < -0.4 is 0 Å². The van der Waals surface area contributed by atoms with Crippen molar-refractivity contribution in [3.8, 4) is 0 Å². The van der Waals surface area contributed by atoms with Crippen LogP contribution >= 0.6 is 0 Å². The summed E-state index contributed by atoms with van der Waals surface area (Å²) < 4.78 is 60.9. The van der Waals surface area contributed by atoms with Crippen LogP contribution in [-0.2, 0) is 14.2 Å². The van der Waals surface area contributed by atoms with Gasteiger partial charge in [0.25, 0.3) is 6.43 Å². The molecule has 0 N–H and O–H groups in total. The van der Waals surface area contributed by atoms with Gasteiger partial charge in [0.15, 0.2) is 6.10 Å². The van der Waals surface area contributed by atoms with Crippen LogP contribution in [0.5, 0.6) is 0 Å². The van der Waals surface area contributed by atoms with E-state index in [4.69, 9.17) is 0 Å². The van der Waals surface area contributed by atoms with E-state index in [9.17, 15) is 22.4 Å². The van der Waals surface area contributed by atoms with Crippen LogP contribution in [0.4, 0.5) is 22.4 Å². The molecular formula is C7H8F4O4. The molecule has 1 aliphatic rings. The van der Waals surface area contributed by atoms with E-state index in [1.807, 2.05) is 0 Å². The van der Waals surface area contributed by atoms with Gasteiger partial charge in [0.05, 0.1) is 6.61 Å². The summed E-state index contributed by atoms with van der Waals surface area (Å²) in [4.78, 5) is 10.4. The van der Waals surface area contributed by atoms with Crippen LogP contribution in [0.3, 0.4) is 0 Å². The van der Waals surface area contributed by atoms with E-state index in [2.05, 4.69) is 14.2 Å². The summed E-state index contributed by atoms with van der Waals surface area (Å²) in [5.74, 6) is 0. The Bertz CT molecular complexity index is 225. The number of carbonyl (C=O) groups is 1. The number of halogens is 4. The van der Waals surface area contributed by atoms with E-state index in [1.165, 1.54) is 0 Å². The Kier molecular flexibility index (Phi) is 4.13. The van der Waals surface area contributed by atoms with E-state index in [0.717, 1.165) is 0 Å². The molecule has 0 bridgehead atoms. The van der Waals surface area contributed by atoms with Crippen molar-refractivity contribution in [2.75, 3.05) is 13.2 Å². The summed E-state index contributed by atoms with van der Waals surface area (Å²) in [6, 6.07) is 0. The van der Waals surface area contributed by atoms with Crippen LogP contribution in [0.25, 0.3) is 0 Å². The van der Waals surface area contributed by atoms with E-state index < -0.39 is 37.8 Å². The maximum atomic E-state index is 12.5. The van der Waals surface area contributed by atoms with Gasteiger partial charge in [0.1, 0.15) is 6.61 Å². The Labute approximate surface area is 82.1 Å². The maximum Gasteiger partial charge on any atom is 0.508 e. The molecule has 3 atom stereocenters. The summed E-state index contributed by atoms with van der Waals surface area (Å²) in [7, 11) is 0. The second-order valence-corrected chi connectivity index (χ2v) is 2.76. The molecule has 0 aromatic carbocycles. The molecule has 8 heteroatoms. The molecule has 1 fully saturated rings. The lowest BCUT2D eigenvalue weighted by molar-refractivity contribution is -0.139. The van der Waals surface area contributed by atoms with Crippen LogP contribution in [0, 0.1) is 0 Å². The highest BCUT2D eigenvalue weighted by Crippen LogP contribution is 2.15. The van der Waals surface area contributed by atoms with E-state index in [0.29, 0.717) is 0 Å². The minimum Gasteiger partial charge on any atom is -0.430 e. The molecule has 0 spiro atoms. The largest absolute Gasteiger partial charge is 0.508 e. The highest BCUT2D eigenvalue weighted by molar-refractivity contribution is 5.61. The zero-order chi connectivity index (χ0) is 11.4. The quantitative estimate of drug-likeness (QED) is 0.531. The molecule has 1 aliphatic heterocycles. The van der Waals surface area contributed by atoms with Crippen LogP contribution in [0.1, 0.15) is 0 Å². The van der Waals surface area contributed by atoms with Crippen molar-refractivity contribution in [2.45, 2.75) is 25.1 Å². The number of hydrogen-bond donors (Lipinski definition) is 0. The third kappa shape index (κ3) is 3.54. The second-order valence-electron chi connectivity index (χ2n) is 2.76.